The monoisotopic (exact) mass is 235 g/mol. The Labute approximate surface area is 97.9 Å². The molecular formula is C11H13N3O3. The van der Waals surface area contributed by atoms with Crippen LogP contribution >= 0.6 is 0 Å². The second-order valence-electron chi connectivity index (χ2n) is 3.46. The molecule has 0 aliphatic carbocycles. The number of aromatic amines is 1. The highest BCUT2D eigenvalue weighted by atomic mass is 16.5. The summed E-state index contributed by atoms with van der Waals surface area (Å²) in [5.74, 6) is 0.936. The first-order chi connectivity index (χ1) is 8.24. The summed E-state index contributed by atoms with van der Waals surface area (Å²) in [5, 5.41) is 10.3. The second-order valence-corrected chi connectivity index (χ2v) is 3.46. The van der Waals surface area contributed by atoms with Crippen molar-refractivity contribution in [3.8, 4) is 5.75 Å². The molecule has 90 valence electrons. The molecule has 0 atom stereocenters. The number of H-pyrrole nitrogens is 1. The fraction of sp³-hybridized carbons (Fsp3) is 0.273. The number of hydrogen-bond acceptors (Lipinski definition) is 4. The van der Waals surface area contributed by atoms with Gasteiger partial charge in [0.1, 0.15) is 12.4 Å². The molecule has 0 saturated carbocycles. The number of amides is 1. The van der Waals surface area contributed by atoms with Crippen LogP contribution in [-0.4, -0.2) is 36.9 Å². The van der Waals surface area contributed by atoms with E-state index in [2.05, 4.69) is 15.5 Å². The lowest BCUT2D eigenvalue weighted by Crippen LogP contribution is -2.17. The zero-order valence-corrected chi connectivity index (χ0v) is 9.61. The Hall–Kier alpha value is -2.08. The van der Waals surface area contributed by atoms with E-state index in [1.54, 1.807) is 13.2 Å². The van der Waals surface area contributed by atoms with Gasteiger partial charge in [0.2, 0.25) is 0 Å². The molecule has 0 fully saturated rings. The number of hydrogen-bond donors (Lipinski definition) is 2. The van der Waals surface area contributed by atoms with Crippen molar-refractivity contribution in [2.45, 2.75) is 0 Å². The van der Waals surface area contributed by atoms with Crippen LogP contribution in [0, 0.1) is 0 Å². The van der Waals surface area contributed by atoms with Gasteiger partial charge in [-0.2, -0.15) is 5.10 Å². The van der Waals surface area contributed by atoms with Gasteiger partial charge in [0.05, 0.1) is 12.6 Å². The van der Waals surface area contributed by atoms with Gasteiger partial charge in [0.15, 0.2) is 5.82 Å². The van der Waals surface area contributed by atoms with E-state index in [-0.39, 0.29) is 12.5 Å². The van der Waals surface area contributed by atoms with Gasteiger partial charge in [-0.3, -0.25) is 9.89 Å². The molecule has 1 aromatic carbocycles. The molecule has 1 aromatic heterocycles. The fourth-order valence-electron chi connectivity index (χ4n) is 1.51. The van der Waals surface area contributed by atoms with Crippen LogP contribution in [0.5, 0.6) is 5.75 Å². The van der Waals surface area contributed by atoms with Crippen LogP contribution in [-0.2, 0) is 9.53 Å². The predicted octanol–water partition coefficient (Wildman–Crippen LogP) is 1.16. The molecule has 0 aliphatic heterocycles. The van der Waals surface area contributed by atoms with E-state index in [4.69, 9.17) is 9.47 Å². The highest BCUT2D eigenvalue weighted by Gasteiger charge is 2.09. The van der Waals surface area contributed by atoms with E-state index in [1.165, 1.54) is 7.11 Å². The molecule has 0 saturated heterocycles. The Morgan fingerprint density at radius 3 is 3.00 bits per heavy atom. The number of fused-ring (bicyclic) bond motifs is 1. The van der Waals surface area contributed by atoms with Gasteiger partial charge >= 0.3 is 0 Å². The third kappa shape index (κ3) is 2.36. The summed E-state index contributed by atoms with van der Waals surface area (Å²) in [6, 6.07) is 5.47. The second kappa shape index (κ2) is 4.84. The van der Waals surface area contributed by atoms with Crippen molar-refractivity contribution in [2.24, 2.45) is 0 Å². The SMILES string of the molecule is COCC(=O)Nc1n[nH]c2ccc(OC)cc12. The molecule has 6 heteroatoms. The van der Waals surface area contributed by atoms with Crippen LogP contribution < -0.4 is 10.1 Å². The number of carbonyl (C=O) groups excluding carboxylic acids is 1. The Balaban J connectivity index is 2.30. The summed E-state index contributed by atoms with van der Waals surface area (Å²) in [7, 11) is 3.05. The smallest absolute Gasteiger partial charge is 0.251 e. The summed E-state index contributed by atoms with van der Waals surface area (Å²) in [5.41, 5.74) is 0.832. The zero-order valence-electron chi connectivity index (χ0n) is 9.61. The molecule has 0 unspecified atom stereocenters. The van der Waals surface area contributed by atoms with Crippen LogP contribution in [0.2, 0.25) is 0 Å². The highest BCUT2D eigenvalue weighted by molar-refractivity contribution is 6.00. The lowest BCUT2D eigenvalue weighted by Gasteiger charge is -2.02. The van der Waals surface area contributed by atoms with E-state index >= 15 is 0 Å². The van der Waals surface area contributed by atoms with Gasteiger partial charge in [-0.25, -0.2) is 0 Å². The van der Waals surface area contributed by atoms with Crippen LogP contribution in [0.15, 0.2) is 18.2 Å². The minimum absolute atomic E-state index is 0.00166. The lowest BCUT2D eigenvalue weighted by molar-refractivity contribution is -0.119. The number of anilines is 1. The van der Waals surface area contributed by atoms with Gasteiger partial charge in [-0.1, -0.05) is 0 Å². The molecule has 0 spiro atoms. The molecule has 0 bridgehead atoms. The lowest BCUT2D eigenvalue weighted by atomic mass is 10.2. The number of carbonyl (C=O) groups is 1. The Morgan fingerprint density at radius 1 is 1.47 bits per heavy atom. The van der Waals surface area contributed by atoms with E-state index < -0.39 is 0 Å². The van der Waals surface area contributed by atoms with Crippen molar-refractivity contribution < 1.29 is 14.3 Å². The first kappa shape index (κ1) is 11.4. The third-order valence-corrected chi connectivity index (χ3v) is 2.30. The van der Waals surface area contributed by atoms with Gasteiger partial charge in [0, 0.05) is 12.5 Å². The zero-order chi connectivity index (χ0) is 12.3. The summed E-state index contributed by atoms with van der Waals surface area (Å²) >= 11 is 0. The Kier molecular flexibility index (Phi) is 3.24. The normalized spacial score (nSPS) is 10.5. The third-order valence-electron chi connectivity index (χ3n) is 2.30. The highest BCUT2D eigenvalue weighted by Crippen LogP contribution is 2.24. The summed E-state index contributed by atoms with van der Waals surface area (Å²) < 4.78 is 9.85. The summed E-state index contributed by atoms with van der Waals surface area (Å²) in [6.07, 6.45) is 0. The quantitative estimate of drug-likeness (QED) is 0.833. The maximum absolute atomic E-state index is 11.4. The minimum atomic E-state index is -0.247. The minimum Gasteiger partial charge on any atom is -0.497 e. The van der Waals surface area contributed by atoms with Gasteiger partial charge < -0.3 is 14.8 Å². The average Bonchev–Trinajstić information content (AvgIpc) is 2.72. The Morgan fingerprint density at radius 2 is 2.29 bits per heavy atom. The first-order valence-corrected chi connectivity index (χ1v) is 5.05. The largest absolute Gasteiger partial charge is 0.497 e. The first-order valence-electron chi connectivity index (χ1n) is 5.05. The molecule has 2 rings (SSSR count). The molecule has 0 radical (unpaired) electrons. The van der Waals surface area contributed by atoms with Crippen molar-refractivity contribution in [3.05, 3.63) is 18.2 Å². The molecule has 0 aliphatic rings. The molecule has 6 nitrogen and oxygen atoms in total. The maximum atomic E-state index is 11.4. The van der Waals surface area contributed by atoms with Crippen LogP contribution in [0.25, 0.3) is 10.9 Å². The van der Waals surface area contributed by atoms with E-state index in [1.807, 2.05) is 12.1 Å². The molecule has 1 amide bonds. The van der Waals surface area contributed by atoms with Crippen LogP contribution in [0.3, 0.4) is 0 Å². The number of nitrogens with zero attached hydrogens (tertiary/aromatic N) is 1. The van der Waals surface area contributed by atoms with Gasteiger partial charge in [-0.15, -0.1) is 0 Å². The number of aromatic nitrogens is 2. The fourth-order valence-corrected chi connectivity index (χ4v) is 1.51. The van der Waals surface area contributed by atoms with Crippen molar-refractivity contribution >= 4 is 22.6 Å². The van der Waals surface area contributed by atoms with E-state index in [0.29, 0.717) is 11.6 Å². The van der Waals surface area contributed by atoms with Crippen LogP contribution in [0.1, 0.15) is 0 Å². The predicted molar refractivity (Wildman–Crippen MR) is 63.2 cm³/mol. The molecule has 17 heavy (non-hydrogen) atoms. The molecule has 2 aromatic rings. The number of rotatable bonds is 4. The van der Waals surface area contributed by atoms with Crippen molar-refractivity contribution in [2.75, 3.05) is 26.1 Å². The van der Waals surface area contributed by atoms with E-state index in [0.717, 1.165) is 10.9 Å². The van der Waals surface area contributed by atoms with Crippen molar-refractivity contribution in [1.82, 2.24) is 10.2 Å². The van der Waals surface area contributed by atoms with E-state index in [9.17, 15) is 4.79 Å². The van der Waals surface area contributed by atoms with Gasteiger partial charge in [-0.05, 0) is 18.2 Å². The molecule has 2 N–H and O–H groups in total. The number of methoxy groups -OCH3 is 2. The van der Waals surface area contributed by atoms with Crippen molar-refractivity contribution in [1.29, 1.82) is 0 Å². The summed E-state index contributed by atoms with van der Waals surface area (Å²) in [6.45, 7) is -0.00166. The van der Waals surface area contributed by atoms with Crippen molar-refractivity contribution in [3.63, 3.8) is 0 Å². The maximum Gasteiger partial charge on any atom is 0.251 e. The summed E-state index contributed by atoms with van der Waals surface area (Å²) in [4.78, 5) is 11.4. The number of ether oxygens (including phenoxy) is 2. The standard InChI is InChI=1S/C11H13N3O3/c1-16-6-10(15)12-11-8-5-7(17-2)3-4-9(8)13-14-11/h3-5H,6H2,1-2H3,(H2,12,13,14,15). The number of benzene rings is 1. The topological polar surface area (TPSA) is 76.2 Å². The molecular weight excluding hydrogens is 222 g/mol. The van der Waals surface area contributed by atoms with Crippen LogP contribution in [0.4, 0.5) is 5.82 Å². The Bertz CT molecular complexity index is 536. The molecule has 1 heterocycles. The number of nitrogens with one attached hydrogen (secondary N) is 2. The van der Waals surface area contributed by atoms with Gasteiger partial charge in [0.25, 0.3) is 5.91 Å². The average molecular weight is 235 g/mol.